The van der Waals surface area contributed by atoms with Crippen LogP contribution in [0.15, 0.2) is 30.3 Å². The molecular formula is C16H21NO4. The lowest BCUT2D eigenvalue weighted by atomic mass is 9.91. The molecule has 0 bridgehead atoms. The summed E-state index contributed by atoms with van der Waals surface area (Å²) in [6.45, 7) is 0.354. The smallest absolute Gasteiger partial charge is 0.410 e. The number of carbonyl (C=O) groups is 1. The third-order valence-electron chi connectivity index (χ3n) is 4.72. The molecule has 1 heterocycles. The van der Waals surface area contributed by atoms with E-state index in [1.165, 1.54) is 4.90 Å². The van der Waals surface area contributed by atoms with Crippen LogP contribution in [0.4, 0.5) is 4.79 Å². The van der Waals surface area contributed by atoms with E-state index >= 15 is 0 Å². The predicted octanol–water partition coefficient (Wildman–Crippen LogP) is 1.67. The topological polar surface area (TPSA) is 70.0 Å². The van der Waals surface area contributed by atoms with Gasteiger partial charge in [-0.25, -0.2) is 4.79 Å². The van der Waals surface area contributed by atoms with Gasteiger partial charge >= 0.3 is 6.09 Å². The van der Waals surface area contributed by atoms with Gasteiger partial charge in [-0.1, -0.05) is 43.2 Å². The first-order chi connectivity index (χ1) is 10.1. The maximum absolute atomic E-state index is 12.4. The van der Waals surface area contributed by atoms with Gasteiger partial charge in [-0.15, -0.1) is 0 Å². The largest absolute Gasteiger partial charge is 0.445 e. The van der Waals surface area contributed by atoms with Gasteiger partial charge in [0.25, 0.3) is 0 Å². The van der Waals surface area contributed by atoms with Crippen molar-refractivity contribution in [3.63, 3.8) is 0 Å². The summed E-state index contributed by atoms with van der Waals surface area (Å²) in [4.78, 5) is 13.9. The molecule has 1 saturated heterocycles. The molecule has 2 aliphatic rings. The summed E-state index contributed by atoms with van der Waals surface area (Å²) >= 11 is 0. The molecule has 3 rings (SSSR count). The standard InChI is InChI=1S/C16H21NO4/c18-13-10-17(16(14(13)19)8-4-5-9-16)15(20)21-11-12-6-2-1-3-7-12/h1-3,6-7,13-14,18-19H,4-5,8-11H2/t13-,14-/m1/s1. The highest BCUT2D eigenvalue weighted by Crippen LogP contribution is 2.43. The number of nitrogens with zero attached hydrogens (tertiary/aromatic N) is 1. The van der Waals surface area contributed by atoms with Crippen molar-refractivity contribution in [2.45, 2.75) is 50.0 Å². The molecule has 1 aliphatic carbocycles. The number of hydrogen-bond donors (Lipinski definition) is 2. The Morgan fingerprint density at radius 3 is 2.57 bits per heavy atom. The normalized spacial score (nSPS) is 27.2. The molecule has 5 nitrogen and oxygen atoms in total. The van der Waals surface area contributed by atoms with Crippen LogP contribution in [0.1, 0.15) is 31.2 Å². The Morgan fingerprint density at radius 2 is 1.90 bits per heavy atom. The van der Waals surface area contributed by atoms with Crippen molar-refractivity contribution in [3.05, 3.63) is 35.9 Å². The maximum Gasteiger partial charge on any atom is 0.410 e. The van der Waals surface area contributed by atoms with Crippen LogP contribution < -0.4 is 0 Å². The number of benzene rings is 1. The fourth-order valence-electron chi connectivity index (χ4n) is 3.59. The summed E-state index contributed by atoms with van der Waals surface area (Å²) in [6.07, 6.45) is 1.18. The number of hydrogen-bond acceptors (Lipinski definition) is 4. The Balaban J connectivity index is 1.69. The molecule has 0 radical (unpaired) electrons. The number of amides is 1. The molecule has 1 aromatic rings. The molecule has 0 unspecified atom stereocenters. The van der Waals surface area contributed by atoms with Gasteiger partial charge in [0, 0.05) is 0 Å². The lowest BCUT2D eigenvalue weighted by Crippen LogP contribution is -2.51. The van der Waals surface area contributed by atoms with Crippen LogP contribution in [-0.4, -0.2) is 45.5 Å². The Morgan fingerprint density at radius 1 is 1.24 bits per heavy atom. The number of aliphatic hydroxyl groups excluding tert-OH is 2. The first-order valence-corrected chi connectivity index (χ1v) is 7.48. The first kappa shape index (κ1) is 14.4. The molecule has 2 atom stereocenters. The average Bonchev–Trinajstić information content (AvgIpc) is 3.08. The number of β-amino-alcohol motifs (C(OH)–C–C–N with tert-alkyl or cyclic N) is 1. The molecule has 21 heavy (non-hydrogen) atoms. The molecule has 0 aromatic heterocycles. The van der Waals surface area contributed by atoms with Gasteiger partial charge in [-0.05, 0) is 18.4 Å². The molecule has 5 heteroatoms. The zero-order valence-corrected chi connectivity index (χ0v) is 11.9. The average molecular weight is 291 g/mol. The summed E-state index contributed by atoms with van der Waals surface area (Å²) < 4.78 is 5.36. The van der Waals surface area contributed by atoms with Crippen LogP contribution in [0.5, 0.6) is 0 Å². The predicted molar refractivity (Wildman–Crippen MR) is 76.5 cm³/mol. The van der Waals surface area contributed by atoms with Crippen LogP contribution in [0.2, 0.25) is 0 Å². The van der Waals surface area contributed by atoms with Crippen molar-refractivity contribution in [1.29, 1.82) is 0 Å². The third kappa shape index (κ3) is 2.51. The van der Waals surface area contributed by atoms with Crippen LogP contribution in [0, 0.1) is 0 Å². The van der Waals surface area contributed by atoms with Crippen molar-refractivity contribution in [2.75, 3.05) is 6.54 Å². The Bertz CT molecular complexity index is 498. The first-order valence-electron chi connectivity index (χ1n) is 7.48. The van der Waals surface area contributed by atoms with Crippen LogP contribution in [-0.2, 0) is 11.3 Å². The summed E-state index contributed by atoms with van der Waals surface area (Å²) in [6, 6.07) is 9.49. The number of aliphatic hydroxyl groups is 2. The van der Waals surface area contributed by atoms with E-state index in [9.17, 15) is 15.0 Å². The van der Waals surface area contributed by atoms with E-state index < -0.39 is 23.8 Å². The molecule has 1 aliphatic heterocycles. The monoisotopic (exact) mass is 291 g/mol. The fourth-order valence-corrected chi connectivity index (χ4v) is 3.59. The Labute approximate surface area is 124 Å². The zero-order chi connectivity index (χ0) is 14.9. The van der Waals surface area contributed by atoms with Gasteiger partial charge in [-0.3, -0.25) is 4.90 Å². The van der Waals surface area contributed by atoms with Crippen molar-refractivity contribution < 1.29 is 19.7 Å². The van der Waals surface area contributed by atoms with Crippen LogP contribution >= 0.6 is 0 Å². The van der Waals surface area contributed by atoms with Crippen molar-refractivity contribution >= 4 is 6.09 Å². The van der Waals surface area contributed by atoms with Crippen molar-refractivity contribution in [3.8, 4) is 0 Å². The second-order valence-electron chi connectivity index (χ2n) is 5.97. The van der Waals surface area contributed by atoms with E-state index in [2.05, 4.69) is 0 Å². The zero-order valence-electron chi connectivity index (χ0n) is 11.9. The molecule has 1 aromatic carbocycles. The molecule has 1 saturated carbocycles. The quantitative estimate of drug-likeness (QED) is 0.869. The number of likely N-dealkylation sites (tertiary alicyclic amines) is 1. The SMILES string of the molecule is O=C(OCc1ccccc1)N1C[C@@H](O)[C@@H](O)C12CCCC2. The van der Waals surface area contributed by atoms with Crippen LogP contribution in [0.3, 0.4) is 0 Å². The number of carbonyl (C=O) groups excluding carboxylic acids is 1. The summed E-state index contributed by atoms with van der Waals surface area (Å²) in [5.74, 6) is 0. The minimum absolute atomic E-state index is 0.148. The summed E-state index contributed by atoms with van der Waals surface area (Å²) in [5, 5.41) is 20.2. The van der Waals surface area contributed by atoms with Crippen molar-refractivity contribution in [2.24, 2.45) is 0 Å². The molecule has 2 N–H and O–H groups in total. The summed E-state index contributed by atoms with van der Waals surface area (Å²) in [7, 11) is 0. The van der Waals surface area contributed by atoms with Gasteiger partial charge in [0.1, 0.15) is 12.7 Å². The van der Waals surface area contributed by atoms with Gasteiger partial charge in [0.2, 0.25) is 0 Å². The highest BCUT2D eigenvalue weighted by molar-refractivity contribution is 5.70. The molecule has 114 valence electrons. The van der Waals surface area contributed by atoms with E-state index in [0.29, 0.717) is 0 Å². The van der Waals surface area contributed by atoms with Gasteiger partial charge in [-0.2, -0.15) is 0 Å². The Kier molecular flexibility index (Phi) is 3.87. The molecule has 2 fully saturated rings. The van der Waals surface area contributed by atoms with E-state index in [1.807, 2.05) is 30.3 Å². The minimum Gasteiger partial charge on any atom is -0.445 e. The number of ether oxygens (including phenoxy) is 1. The van der Waals surface area contributed by atoms with Crippen molar-refractivity contribution in [1.82, 2.24) is 4.90 Å². The summed E-state index contributed by atoms with van der Waals surface area (Å²) in [5.41, 5.74) is 0.291. The van der Waals surface area contributed by atoms with Crippen LogP contribution in [0.25, 0.3) is 0 Å². The fraction of sp³-hybridized carbons (Fsp3) is 0.562. The van der Waals surface area contributed by atoms with E-state index in [0.717, 1.165) is 31.2 Å². The van der Waals surface area contributed by atoms with E-state index in [-0.39, 0.29) is 13.2 Å². The lowest BCUT2D eigenvalue weighted by Gasteiger charge is -2.36. The second kappa shape index (κ2) is 5.66. The van der Waals surface area contributed by atoms with E-state index in [1.54, 1.807) is 0 Å². The highest BCUT2D eigenvalue weighted by Gasteiger charge is 2.56. The second-order valence-corrected chi connectivity index (χ2v) is 5.97. The molecular weight excluding hydrogens is 270 g/mol. The molecule has 1 spiro atoms. The van der Waals surface area contributed by atoms with Gasteiger partial charge in [0.05, 0.1) is 18.2 Å². The third-order valence-corrected chi connectivity index (χ3v) is 4.72. The van der Waals surface area contributed by atoms with Gasteiger partial charge < -0.3 is 14.9 Å². The van der Waals surface area contributed by atoms with E-state index in [4.69, 9.17) is 4.74 Å². The minimum atomic E-state index is -0.882. The molecule has 1 amide bonds. The maximum atomic E-state index is 12.4. The highest BCUT2D eigenvalue weighted by atomic mass is 16.6. The van der Waals surface area contributed by atoms with Gasteiger partial charge in [0.15, 0.2) is 0 Å². The lowest BCUT2D eigenvalue weighted by molar-refractivity contribution is -0.00831. The number of rotatable bonds is 2. The Hall–Kier alpha value is -1.59.